The van der Waals surface area contributed by atoms with E-state index in [0.717, 1.165) is 38.3 Å². The predicted octanol–water partition coefficient (Wildman–Crippen LogP) is 2.79. The number of anilines is 1. The quantitative estimate of drug-likeness (QED) is 0.733. The summed E-state index contributed by atoms with van der Waals surface area (Å²) in [5.74, 6) is -0.00377. The summed E-state index contributed by atoms with van der Waals surface area (Å²) in [6.07, 6.45) is 0. The van der Waals surface area contributed by atoms with E-state index in [1.165, 1.54) is 5.69 Å². The molecule has 1 amide bonds. The Kier molecular flexibility index (Phi) is 11.9. The summed E-state index contributed by atoms with van der Waals surface area (Å²) in [5, 5.41) is 6.27. The Morgan fingerprint density at radius 2 is 1.62 bits per heavy atom. The van der Waals surface area contributed by atoms with Crippen LogP contribution >= 0.6 is 24.8 Å². The third-order valence-corrected chi connectivity index (χ3v) is 4.66. The minimum Gasteiger partial charge on any atom is -0.369 e. The number of nitrogens with one attached hydrogen (secondary N) is 2. The molecule has 1 atom stereocenters. The van der Waals surface area contributed by atoms with Gasteiger partial charge in [-0.05, 0) is 51.6 Å². The second-order valence-corrected chi connectivity index (χ2v) is 6.83. The van der Waals surface area contributed by atoms with Gasteiger partial charge in [0.1, 0.15) is 0 Å². The number of halogens is 2. The van der Waals surface area contributed by atoms with Crippen LogP contribution in [-0.4, -0.2) is 62.2 Å². The maximum absolute atomic E-state index is 12.2. The molecule has 150 valence electrons. The van der Waals surface area contributed by atoms with Gasteiger partial charge in [0, 0.05) is 56.1 Å². The number of rotatable bonds is 7. The minimum absolute atomic E-state index is 0. The third kappa shape index (κ3) is 7.31. The van der Waals surface area contributed by atoms with Crippen molar-refractivity contribution in [3.8, 4) is 0 Å². The van der Waals surface area contributed by atoms with E-state index in [0.29, 0.717) is 12.6 Å². The van der Waals surface area contributed by atoms with Gasteiger partial charge in [0.15, 0.2) is 0 Å². The Balaban J connectivity index is 0.00000312. The smallest absolute Gasteiger partial charge is 0.251 e. The van der Waals surface area contributed by atoms with Gasteiger partial charge in [-0.25, -0.2) is 0 Å². The molecule has 1 saturated heterocycles. The van der Waals surface area contributed by atoms with Crippen LogP contribution in [0.4, 0.5) is 5.69 Å². The van der Waals surface area contributed by atoms with Gasteiger partial charge in [-0.1, -0.05) is 6.92 Å². The van der Waals surface area contributed by atoms with Crippen LogP contribution in [0.25, 0.3) is 0 Å². The lowest BCUT2D eigenvalue weighted by atomic mass is 10.1. The largest absolute Gasteiger partial charge is 0.369 e. The second kappa shape index (κ2) is 12.4. The monoisotopic (exact) mass is 404 g/mol. The standard InChI is InChI=1S/C19H32N4O.2ClH/c1-5-20-16(4)14-21-19(24)17-6-8-18(9-7-17)23-12-10-22(11-13-23)15(2)3;;/h6-9,15-16,20H,5,10-14H2,1-4H3,(H,21,24);2*1H/t16-;;/m1../s1. The fourth-order valence-electron chi connectivity index (χ4n) is 3.09. The van der Waals surface area contributed by atoms with Gasteiger partial charge in [0.05, 0.1) is 0 Å². The summed E-state index contributed by atoms with van der Waals surface area (Å²) >= 11 is 0. The van der Waals surface area contributed by atoms with E-state index in [2.05, 4.69) is 60.3 Å². The molecule has 1 aromatic carbocycles. The molecule has 0 aliphatic carbocycles. The Labute approximate surface area is 170 Å². The van der Waals surface area contributed by atoms with Crippen molar-refractivity contribution in [2.75, 3.05) is 44.2 Å². The molecule has 1 aromatic rings. The minimum atomic E-state index is -0.00377. The molecule has 5 nitrogen and oxygen atoms in total. The van der Waals surface area contributed by atoms with Crippen molar-refractivity contribution in [1.29, 1.82) is 0 Å². The number of likely N-dealkylation sites (N-methyl/N-ethyl adjacent to an activating group) is 1. The van der Waals surface area contributed by atoms with E-state index in [1.807, 2.05) is 12.1 Å². The first-order valence-electron chi connectivity index (χ1n) is 9.12. The molecule has 0 spiro atoms. The van der Waals surface area contributed by atoms with Crippen LogP contribution in [0.15, 0.2) is 24.3 Å². The topological polar surface area (TPSA) is 47.6 Å². The number of carbonyl (C=O) groups is 1. The lowest BCUT2D eigenvalue weighted by Gasteiger charge is -2.38. The van der Waals surface area contributed by atoms with Gasteiger partial charge in [0.25, 0.3) is 5.91 Å². The second-order valence-electron chi connectivity index (χ2n) is 6.83. The van der Waals surface area contributed by atoms with Gasteiger partial charge in [-0.3, -0.25) is 9.69 Å². The molecule has 2 N–H and O–H groups in total. The van der Waals surface area contributed by atoms with Crippen molar-refractivity contribution in [3.63, 3.8) is 0 Å². The summed E-state index contributed by atoms with van der Waals surface area (Å²) in [6.45, 7) is 14.5. The molecule has 26 heavy (non-hydrogen) atoms. The molecule has 0 unspecified atom stereocenters. The normalized spacial score (nSPS) is 15.8. The van der Waals surface area contributed by atoms with Gasteiger partial charge in [-0.2, -0.15) is 0 Å². The van der Waals surface area contributed by atoms with E-state index in [9.17, 15) is 4.79 Å². The fourth-order valence-corrected chi connectivity index (χ4v) is 3.09. The van der Waals surface area contributed by atoms with E-state index in [4.69, 9.17) is 0 Å². The number of amides is 1. The molecule has 2 rings (SSSR count). The zero-order valence-electron chi connectivity index (χ0n) is 16.3. The molecule has 1 aliphatic rings. The maximum Gasteiger partial charge on any atom is 0.251 e. The zero-order valence-corrected chi connectivity index (χ0v) is 18.0. The molecular weight excluding hydrogens is 371 g/mol. The van der Waals surface area contributed by atoms with Gasteiger partial charge < -0.3 is 15.5 Å². The Morgan fingerprint density at radius 1 is 1.04 bits per heavy atom. The zero-order chi connectivity index (χ0) is 17.5. The number of piperazine rings is 1. The van der Waals surface area contributed by atoms with Crippen molar-refractivity contribution < 1.29 is 4.79 Å². The molecule has 1 aliphatic heterocycles. The van der Waals surface area contributed by atoms with Crippen LogP contribution in [0.2, 0.25) is 0 Å². The molecule has 7 heteroatoms. The average molecular weight is 405 g/mol. The summed E-state index contributed by atoms with van der Waals surface area (Å²) in [6, 6.07) is 8.88. The Morgan fingerprint density at radius 3 is 2.12 bits per heavy atom. The summed E-state index contributed by atoms with van der Waals surface area (Å²) < 4.78 is 0. The molecule has 0 bridgehead atoms. The average Bonchev–Trinajstić information content (AvgIpc) is 2.60. The lowest BCUT2D eigenvalue weighted by Crippen LogP contribution is -2.48. The fraction of sp³-hybridized carbons (Fsp3) is 0.632. The predicted molar refractivity (Wildman–Crippen MR) is 115 cm³/mol. The van der Waals surface area contributed by atoms with Crippen LogP contribution in [-0.2, 0) is 0 Å². The van der Waals surface area contributed by atoms with Crippen molar-refractivity contribution in [2.45, 2.75) is 39.8 Å². The summed E-state index contributed by atoms with van der Waals surface area (Å²) in [7, 11) is 0. The molecule has 1 fully saturated rings. The molecular formula is C19H34Cl2N4O. The van der Waals surface area contributed by atoms with E-state index in [1.54, 1.807) is 0 Å². The first-order valence-corrected chi connectivity index (χ1v) is 9.12. The maximum atomic E-state index is 12.2. The van der Waals surface area contributed by atoms with Crippen LogP contribution in [0.1, 0.15) is 38.1 Å². The Hall–Kier alpha value is -1.01. The van der Waals surface area contributed by atoms with E-state index < -0.39 is 0 Å². The van der Waals surface area contributed by atoms with Crippen molar-refractivity contribution in [1.82, 2.24) is 15.5 Å². The Bertz CT molecular complexity index is 517. The van der Waals surface area contributed by atoms with E-state index >= 15 is 0 Å². The van der Waals surface area contributed by atoms with Crippen molar-refractivity contribution in [3.05, 3.63) is 29.8 Å². The highest BCUT2D eigenvalue weighted by Gasteiger charge is 2.19. The highest BCUT2D eigenvalue weighted by molar-refractivity contribution is 5.94. The van der Waals surface area contributed by atoms with Gasteiger partial charge in [0.2, 0.25) is 0 Å². The highest BCUT2D eigenvalue weighted by Crippen LogP contribution is 2.18. The molecule has 0 saturated carbocycles. The molecule has 0 radical (unpaired) electrons. The number of benzene rings is 1. The van der Waals surface area contributed by atoms with Crippen molar-refractivity contribution >= 4 is 36.4 Å². The van der Waals surface area contributed by atoms with Crippen molar-refractivity contribution in [2.24, 2.45) is 0 Å². The number of hydrogen-bond donors (Lipinski definition) is 2. The molecule has 1 heterocycles. The highest BCUT2D eigenvalue weighted by atomic mass is 35.5. The van der Waals surface area contributed by atoms with Gasteiger partial charge >= 0.3 is 0 Å². The van der Waals surface area contributed by atoms with Crippen LogP contribution < -0.4 is 15.5 Å². The summed E-state index contributed by atoms with van der Waals surface area (Å²) in [5.41, 5.74) is 1.93. The van der Waals surface area contributed by atoms with Crippen LogP contribution in [0.3, 0.4) is 0 Å². The van der Waals surface area contributed by atoms with E-state index in [-0.39, 0.29) is 36.8 Å². The number of nitrogens with zero attached hydrogens (tertiary/aromatic N) is 2. The first kappa shape index (κ1) is 25.0. The molecule has 0 aromatic heterocycles. The van der Waals surface area contributed by atoms with Crippen LogP contribution in [0, 0.1) is 0 Å². The SMILES string of the molecule is CCN[C@H](C)CNC(=O)c1ccc(N2CCN(C(C)C)CC2)cc1.Cl.Cl. The number of hydrogen-bond acceptors (Lipinski definition) is 4. The van der Waals surface area contributed by atoms with Gasteiger partial charge in [-0.15, -0.1) is 24.8 Å². The van der Waals surface area contributed by atoms with Crippen LogP contribution in [0.5, 0.6) is 0 Å². The first-order chi connectivity index (χ1) is 11.5. The number of carbonyl (C=O) groups excluding carboxylic acids is 1. The lowest BCUT2D eigenvalue weighted by molar-refractivity contribution is 0.0950. The third-order valence-electron chi connectivity index (χ3n) is 4.66. The summed E-state index contributed by atoms with van der Waals surface area (Å²) in [4.78, 5) is 17.1.